The van der Waals surface area contributed by atoms with Crippen molar-refractivity contribution in [3.05, 3.63) is 53.0 Å². The number of ketones is 1. The number of hydrogen-bond donors (Lipinski definition) is 0. The van der Waals surface area contributed by atoms with Gasteiger partial charge in [0, 0.05) is 5.56 Å². The summed E-state index contributed by atoms with van der Waals surface area (Å²) < 4.78 is 1.63. The molecule has 0 amide bonds. The maximum atomic E-state index is 12.3. The molecule has 1 heterocycles. The summed E-state index contributed by atoms with van der Waals surface area (Å²) in [5.41, 5.74) is 0.888. The lowest BCUT2D eigenvalue weighted by atomic mass is 10.1. The normalized spacial score (nSPS) is 10.6. The van der Waals surface area contributed by atoms with Crippen LogP contribution in [0.3, 0.4) is 0 Å². The van der Waals surface area contributed by atoms with Gasteiger partial charge in [0.25, 0.3) is 0 Å². The number of rotatable bonds is 2. The van der Waals surface area contributed by atoms with Gasteiger partial charge >= 0.3 is 0 Å². The molecule has 0 N–H and O–H groups in total. The van der Waals surface area contributed by atoms with Crippen molar-refractivity contribution in [2.45, 2.75) is 0 Å². The summed E-state index contributed by atoms with van der Waals surface area (Å²) in [5.74, 6) is -0.186. The SMILES string of the molecule is O=C(c1cc(Br)sc1Br)c1c(Cl)cccc1Cl. The third kappa shape index (κ3) is 2.76. The second-order valence-corrected chi connectivity index (χ2v) is 7.73. The molecule has 6 heteroatoms. The van der Waals surface area contributed by atoms with Crippen molar-refractivity contribution in [2.75, 3.05) is 0 Å². The molecule has 0 saturated heterocycles. The van der Waals surface area contributed by atoms with Crippen LogP contribution in [0.5, 0.6) is 0 Å². The quantitative estimate of drug-likeness (QED) is 0.566. The van der Waals surface area contributed by atoms with Crippen LogP contribution in [-0.2, 0) is 0 Å². The minimum atomic E-state index is -0.186. The van der Waals surface area contributed by atoms with Gasteiger partial charge in [0.05, 0.1) is 23.2 Å². The van der Waals surface area contributed by atoms with Crippen molar-refractivity contribution in [3.63, 3.8) is 0 Å². The molecular formula is C11H4Br2Cl2OS. The van der Waals surface area contributed by atoms with Crippen LogP contribution in [0.4, 0.5) is 0 Å². The van der Waals surface area contributed by atoms with Crippen LogP contribution in [0, 0.1) is 0 Å². The van der Waals surface area contributed by atoms with Crippen molar-refractivity contribution in [2.24, 2.45) is 0 Å². The van der Waals surface area contributed by atoms with Gasteiger partial charge in [0.15, 0.2) is 5.78 Å². The first-order chi connectivity index (χ1) is 8.00. The highest BCUT2D eigenvalue weighted by atomic mass is 79.9. The van der Waals surface area contributed by atoms with Crippen LogP contribution < -0.4 is 0 Å². The fourth-order valence-corrected chi connectivity index (χ4v) is 4.71. The second-order valence-electron chi connectivity index (χ2n) is 3.16. The average Bonchev–Trinajstić information content (AvgIpc) is 2.57. The largest absolute Gasteiger partial charge is 0.288 e. The summed E-state index contributed by atoms with van der Waals surface area (Å²) >= 11 is 20.1. The Bertz CT molecular complexity index is 575. The van der Waals surface area contributed by atoms with E-state index >= 15 is 0 Å². The molecule has 2 aromatic rings. The van der Waals surface area contributed by atoms with Gasteiger partial charge in [-0.3, -0.25) is 4.79 Å². The second kappa shape index (κ2) is 5.41. The minimum absolute atomic E-state index is 0.186. The smallest absolute Gasteiger partial charge is 0.198 e. The molecule has 0 atom stereocenters. The molecule has 1 nitrogen and oxygen atoms in total. The highest BCUT2D eigenvalue weighted by Crippen LogP contribution is 2.35. The molecule has 0 spiro atoms. The molecule has 0 aliphatic heterocycles. The lowest BCUT2D eigenvalue weighted by Crippen LogP contribution is -2.02. The van der Waals surface area contributed by atoms with Gasteiger partial charge < -0.3 is 0 Å². The van der Waals surface area contributed by atoms with Crippen molar-refractivity contribution in [1.82, 2.24) is 0 Å². The summed E-state index contributed by atoms with van der Waals surface area (Å²) in [6.07, 6.45) is 0. The number of thiophene rings is 1. The van der Waals surface area contributed by atoms with Gasteiger partial charge in [0.2, 0.25) is 0 Å². The Morgan fingerprint density at radius 1 is 1.18 bits per heavy atom. The van der Waals surface area contributed by atoms with E-state index in [0.717, 1.165) is 7.57 Å². The predicted octanol–water partition coefficient (Wildman–Crippen LogP) is 5.81. The van der Waals surface area contributed by atoms with Crippen LogP contribution in [0.25, 0.3) is 0 Å². The molecule has 17 heavy (non-hydrogen) atoms. The van der Waals surface area contributed by atoms with Crippen molar-refractivity contribution < 1.29 is 4.79 Å². The van der Waals surface area contributed by atoms with Gasteiger partial charge in [-0.1, -0.05) is 29.3 Å². The van der Waals surface area contributed by atoms with Crippen LogP contribution in [0.15, 0.2) is 31.8 Å². The minimum Gasteiger partial charge on any atom is -0.288 e. The maximum absolute atomic E-state index is 12.3. The van der Waals surface area contributed by atoms with Crippen LogP contribution >= 0.6 is 66.4 Å². The molecule has 0 unspecified atom stereocenters. The third-order valence-electron chi connectivity index (χ3n) is 2.09. The summed E-state index contributed by atoms with van der Waals surface area (Å²) in [6, 6.07) is 6.75. The molecular weight excluding hydrogens is 411 g/mol. The number of hydrogen-bond acceptors (Lipinski definition) is 2. The summed E-state index contributed by atoms with van der Waals surface area (Å²) in [7, 11) is 0. The van der Waals surface area contributed by atoms with E-state index in [1.54, 1.807) is 24.3 Å². The van der Waals surface area contributed by atoms with Gasteiger partial charge in [-0.2, -0.15) is 0 Å². The number of carbonyl (C=O) groups excluding carboxylic acids is 1. The van der Waals surface area contributed by atoms with Gasteiger partial charge in [-0.15, -0.1) is 11.3 Å². The van der Waals surface area contributed by atoms with Gasteiger partial charge in [0.1, 0.15) is 0 Å². The molecule has 0 radical (unpaired) electrons. The lowest BCUT2D eigenvalue weighted by molar-refractivity contribution is 0.103. The zero-order valence-corrected chi connectivity index (χ0v) is 13.6. The fraction of sp³-hybridized carbons (Fsp3) is 0. The standard InChI is InChI=1S/C11H4Br2Cl2OS/c12-8-4-5(11(13)17-8)10(16)9-6(14)2-1-3-7(9)15/h1-4H. The number of carbonyl (C=O) groups is 1. The molecule has 2 rings (SSSR count). The first-order valence-electron chi connectivity index (χ1n) is 4.44. The summed E-state index contributed by atoms with van der Waals surface area (Å²) in [4.78, 5) is 12.3. The third-order valence-corrected chi connectivity index (χ3v) is 5.06. The van der Waals surface area contributed by atoms with Crippen molar-refractivity contribution >= 4 is 72.2 Å². The predicted molar refractivity (Wildman–Crippen MR) is 79.6 cm³/mol. The molecule has 0 saturated carbocycles. The topological polar surface area (TPSA) is 17.1 Å². The van der Waals surface area contributed by atoms with E-state index < -0.39 is 0 Å². The Kier molecular flexibility index (Phi) is 4.31. The molecule has 0 bridgehead atoms. The Morgan fingerprint density at radius 3 is 2.24 bits per heavy atom. The Morgan fingerprint density at radius 2 is 1.76 bits per heavy atom. The fourth-order valence-electron chi connectivity index (χ4n) is 1.34. The highest BCUT2D eigenvalue weighted by molar-refractivity contribution is 9.12. The molecule has 1 aromatic heterocycles. The molecule has 0 aliphatic rings. The van der Waals surface area contributed by atoms with Gasteiger partial charge in [-0.25, -0.2) is 0 Å². The first-order valence-corrected chi connectivity index (χ1v) is 7.60. The molecule has 1 aromatic carbocycles. The zero-order chi connectivity index (χ0) is 12.6. The summed E-state index contributed by atoms with van der Waals surface area (Å²) in [6.45, 7) is 0. The molecule has 88 valence electrons. The Labute approximate surface area is 129 Å². The Hall–Kier alpha value is 0.130. The van der Waals surface area contributed by atoms with Crippen molar-refractivity contribution in [3.8, 4) is 0 Å². The van der Waals surface area contributed by atoms with E-state index in [-0.39, 0.29) is 5.78 Å². The zero-order valence-electron chi connectivity index (χ0n) is 8.14. The number of benzene rings is 1. The Balaban J connectivity index is 2.55. The highest BCUT2D eigenvalue weighted by Gasteiger charge is 2.20. The van der Waals surface area contributed by atoms with E-state index in [1.807, 2.05) is 0 Å². The molecule has 0 aliphatic carbocycles. The molecule has 0 fully saturated rings. The number of halogens is 4. The van der Waals surface area contributed by atoms with E-state index in [2.05, 4.69) is 31.9 Å². The first kappa shape index (κ1) is 13.6. The maximum Gasteiger partial charge on any atom is 0.198 e. The van der Waals surface area contributed by atoms with E-state index in [1.165, 1.54) is 11.3 Å². The van der Waals surface area contributed by atoms with Crippen molar-refractivity contribution in [1.29, 1.82) is 0 Å². The monoisotopic (exact) mass is 412 g/mol. The van der Waals surface area contributed by atoms with E-state index in [9.17, 15) is 4.79 Å². The van der Waals surface area contributed by atoms with E-state index in [0.29, 0.717) is 21.2 Å². The summed E-state index contributed by atoms with van der Waals surface area (Å²) in [5, 5.41) is 0.716. The average molecular weight is 415 g/mol. The van der Waals surface area contributed by atoms with E-state index in [4.69, 9.17) is 23.2 Å². The van der Waals surface area contributed by atoms with Gasteiger partial charge in [-0.05, 0) is 50.1 Å². The van der Waals surface area contributed by atoms with Crippen LogP contribution in [0.1, 0.15) is 15.9 Å². The van der Waals surface area contributed by atoms with Crippen LogP contribution in [-0.4, -0.2) is 5.78 Å². The lowest BCUT2D eigenvalue weighted by Gasteiger charge is -2.04. The van der Waals surface area contributed by atoms with Crippen LogP contribution in [0.2, 0.25) is 10.0 Å².